The van der Waals surface area contributed by atoms with Gasteiger partial charge in [0, 0.05) is 42.7 Å². The Morgan fingerprint density at radius 2 is 1.83 bits per heavy atom. The number of thioether (sulfide) groups is 1. The number of ether oxygens (including phenoxy) is 1. The molecule has 154 valence electrons. The molecule has 0 atom stereocenters. The number of piperidine rings is 1. The normalized spacial score (nSPS) is 18.0. The Morgan fingerprint density at radius 3 is 2.52 bits per heavy atom. The number of carbonyl (C=O) groups is 1. The SMILES string of the molecule is CSc1ccc(NC(=O)C2CCN(c3cncnc3N3CCOCC3)CC2)cc1. The van der Waals surface area contributed by atoms with Crippen LogP contribution in [0.2, 0.25) is 0 Å². The number of hydrogen-bond acceptors (Lipinski definition) is 7. The highest BCUT2D eigenvalue weighted by Gasteiger charge is 2.28. The first-order valence-electron chi connectivity index (χ1n) is 10.1. The molecule has 0 bridgehead atoms. The smallest absolute Gasteiger partial charge is 0.227 e. The van der Waals surface area contributed by atoms with Gasteiger partial charge in [0.15, 0.2) is 5.82 Å². The maximum Gasteiger partial charge on any atom is 0.227 e. The van der Waals surface area contributed by atoms with Crippen molar-refractivity contribution >= 4 is 34.9 Å². The zero-order valence-corrected chi connectivity index (χ0v) is 17.5. The highest BCUT2D eigenvalue weighted by molar-refractivity contribution is 7.98. The van der Waals surface area contributed by atoms with Gasteiger partial charge >= 0.3 is 0 Å². The summed E-state index contributed by atoms with van der Waals surface area (Å²) >= 11 is 1.70. The number of benzene rings is 1. The molecule has 2 aliphatic rings. The maximum atomic E-state index is 12.7. The number of rotatable bonds is 5. The van der Waals surface area contributed by atoms with Crippen LogP contribution in [0, 0.1) is 5.92 Å². The molecule has 4 rings (SSSR count). The van der Waals surface area contributed by atoms with E-state index >= 15 is 0 Å². The second-order valence-electron chi connectivity index (χ2n) is 7.31. The van der Waals surface area contributed by atoms with Gasteiger partial charge in [-0.1, -0.05) is 0 Å². The summed E-state index contributed by atoms with van der Waals surface area (Å²) in [5.74, 6) is 1.11. The third-order valence-electron chi connectivity index (χ3n) is 5.55. The first-order chi connectivity index (χ1) is 14.2. The van der Waals surface area contributed by atoms with Crippen LogP contribution in [0.4, 0.5) is 17.2 Å². The lowest BCUT2D eigenvalue weighted by atomic mass is 9.95. The molecule has 1 aromatic heterocycles. The molecule has 3 heterocycles. The Hall–Kier alpha value is -2.32. The highest BCUT2D eigenvalue weighted by Crippen LogP contribution is 2.31. The van der Waals surface area contributed by atoms with Crippen LogP contribution in [0.15, 0.2) is 41.7 Å². The third-order valence-corrected chi connectivity index (χ3v) is 6.29. The predicted octanol–water partition coefficient (Wildman–Crippen LogP) is 2.89. The molecule has 1 aromatic carbocycles. The fourth-order valence-electron chi connectivity index (χ4n) is 3.86. The third kappa shape index (κ3) is 4.82. The summed E-state index contributed by atoms with van der Waals surface area (Å²) in [5, 5.41) is 3.07. The Balaban J connectivity index is 1.36. The largest absolute Gasteiger partial charge is 0.378 e. The molecular formula is C21H27N5O2S. The summed E-state index contributed by atoms with van der Waals surface area (Å²) in [6, 6.07) is 8.00. The Bertz CT molecular complexity index is 818. The maximum absolute atomic E-state index is 12.7. The first-order valence-corrected chi connectivity index (χ1v) is 11.3. The molecule has 7 nitrogen and oxygen atoms in total. The molecular weight excluding hydrogens is 386 g/mol. The molecule has 2 aromatic rings. The molecule has 29 heavy (non-hydrogen) atoms. The van der Waals surface area contributed by atoms with Gasteiger partial charge in [-0.15, -0.1) is 11.8 Å². The Kier molecular flexibility index (Phi) is 6.51. The van der Waals surface area contributed by atoms with Crippen molar-refractivity contribution in [3.63, 3.8) is 0 Å². The van der Waals surface area contributed by atoms with Gasteiger partial charge in [-0.25, -0.2) is 9.97 Å². The molecule has 0 saturated carbocycles. The van der Waals surface area contributed by atoms with Crippen LogP contribution in [-0.4, -0.2) is 61.5 Å². The number of nitrogens with zero attached hydrogens (tertiary/aromatic N) is 4. The molecule has 0 aliphatic carbocycles. The van der Waals surface area contributed by atoms with Crippen molar-refractivity contribution in [2.24, 2.45) is 5.92 Å². The molecule has 1 amide bonds. The summed E-state index contributed by atoms with van der Waals surface area (Å²) in [5.41, 5.74) is 1.92. The zero-order valence-electron chi connectivity index (χ0n) is 16.7. The van der Waals surface area contributed by atoms with E-state index in [2.05, 4.69) is 25.1 Å². The standard InChI is InChI=1S/C21H27N5O2S/c1-29-18-4-2-17(3-5-18)24-21(27)16-6-8-25(9-7-16)19-14-22-15-23-20(19)26-10-12-28-13-11-26/h2-5,14-16H,6-13H2,1H3,(H,24,27). The van der Waals surface area contributed by atoms with Crippen LogP contribution >= 0.6 is 11.8 Å². The average Bonchev–Trinajstić information content (AvgIpc) is 2.80. The van der Waals surface area contributed by atoms with Crippen molar-refractivity contribution in [2.75, 3.05) is 60.8 Å². The molecule has 0 unspecified atom stereocenters. The molecule has 2 fully saturated rings. The zero-order chi connectivity index (χ0) is 20.1. The molecule has 0 spiro atoms. The van der Waals surface area contributed by atoms with E-state index in [1.807, 2.05) is 36.7 Å². The van der Waals surface area contributed by atoms with Crippen molar-refractivity contribution in [3.05, 3.63) is 36.8 Å². The number of nitrogens with one attached hydrogen (secondary N) is 1. The number of hydrogen-bond donors (Lipinski definition) is 1. The lowest BCUT2D eigenvalue weighted by molar-refractivity contribution is -0.120. The van der Waals surface area contributed by atoms with E-state index in [0.717, 1.165) is 69.4 Å². The highest BCUT2D eigenvalue weighted by atomic mass is 32.2. The second-order valence-corrected chi connectivity index (χ2v) is 8.19. The van der Waals surface area contributed by atoms with E-state index in [4.69, 9.17) is 4.74 Å². The van der Waals surface area contributed by atoms with Gasteiger partial charge in [-0.05, 0) is 43.4 Å². The van der Waals surface area contributed by atoms with Gasteiger partial charge in [0.05, 0.1) is 25.1 Å². The second kappa shape index (κ2) is 9.45. The minimum atomic E-state index is 0.0305. The minimum absolute atomic E-state index is 0.0305. The number of aromatic nitrogens is 2. The van der Waals surface area contributed by atoms with E-state index in [-0.39, 0.29) is 11.8 Å². The molecule has 0 radical (unpaired) electrons. The fourth-order valence-corrected chi connectivity index (χ4v) is 4.27. The minimum Gasteiger partial charge on any atom is -0.378 e. The van der Waals surface area contributed by atoms with Crippen molar-refractivity contribution in [3.8, 4) is 0 Å². The van der Waals surface area contributed by atoms with E-state index in [9.17, 15) is 4.79 Å². The van der Waals surface area contributed by atoms with Crippen molar-refractivity contribution in [1.82, 2.24) is 9.97 Å². The molecule has 2 saturated heterocycles. The topological polar surface area (TPSA) is 70.6 Å². The van der Waals surface area contributed by atoms with E-state index < -0.39 is 0 Å². The van der Waals surface area contributed by atoms with Crippen LogP contribution in [0.25, 0.3) is 0 Å². The summed E-state index contributed by atoms with van der Waals surface area (Å²) < 4.78 is 5.46. The monoisotopic (exact) mass is 413 g/mol. The first kappa shape index (κ1) is 20.0. The van der Waals surface area contributed by atoms with Crippen LogP contribution in [-0.2, 0) is 9.53 Å². The quantitative estimate of drug-likeness (QED) is 0.756. The predicted molar refractivity (Wildman–Crippen MR) is 117 cm³/mol. The average molecular weight is 414 g/mol. The lowest BCUT2D eigenvalue weighted by Crippen LogP contribution is -2.41. The lowest BCUT2D eigenvalue weighted by Gasteiger charge is -2.36. The Labute approximate surface area is 175 Å². The molecule has 1 N–H and O–H groups in total. The van der Waals surface area contributed by atoms with Crippen LogP contribution in [0.3, 0.4) is 0 Å². The Morgan fingerprint density at radius 1 is 1.10 bits per heavy atom. The number of amides is 1. The molecule has 2 aliphatic heterocycles. The van der Waals surface area contributed by atoms with Crippen molar-refractivity contribution in [2.45, 2.75) is 17.7 Å². The van der Waals surface area contributed by atoms with Crippen molar-refractivity contribution in [1.29, 1.82) is 0 Å². The number of carbonyl (C=O) groups excluding carboxylic acids is 1. The summed E-state index contributed by atoms with van der Waals surface area (Å²) in [7, 11) is 0. The van der Waals surface area contributed by atoms with Gasteiger partial charge in [0.25, 0.3) is 0 Å². The van der Waals surface area contributed by atoms with Gasteiger partial charge in [0.1, 0.15) is 6.33 Å². The molecule has 8 heteroatoms. The van der Waals surface area contributed by atoms with Gasteiger partial charge < -0.3 is 19.9 Å². The van der Waals surface area contributed by atoms with Gasteiger partial charge in [0.2, 0.25) is 5.91 Å². The summed E-state index contributed by atoms with van der Waals surface area (Å²) in [6.07, 6.45) is 7.20. The van der Waals surface area contributed by atoms with E-state index in [1.54, 1.807) is 18.1 Å². The number of morpholine rings is 1. The van der Waals surface area contributed by atoms with Crippen LogP contribution in [0.5, 0.6) is 0 Å². The summed E-state index contributed by atoms with van der Waals surface area (Å²) in [4.78, 5) is 27.2. The van der Waals surface area contributed by atoms with Gasteiger partial charge in [-0.2, -0.15) is 0 Å². The van der Waals surface area contributed by atoms with E-state index in [1.165, 1.54) is 4.90 Å². The fraction of sp³-hybridized carbons (Fsp3) is 0.476. The van der Waals surface area contributed by atoms with Crippen molar-refractivity contribution < 1.29 is 9.53 Å². The number of anilines is 3. The van der Waals surface area contributed by atoms with Crippen LogP contribution in [0.1, 0.15) is 12.8 Å². The van der Waals surface area contributed by atoms with E-state index in [0.29, 0.717) is 0 Å². The summed E-state index contributed by atoms with van der Waals surface area (Å²) in [6.45, 7) is 4.80. The van der Waals surface area contributed by atoms with Crippen LogP contribution < -0.4 is 15.1 Å². The van der Waals surface area contributed by atoms with Gasteiger partial charge in [-0.3, -0.25) is 4.79 Å².